The number of hydrogen-bond acceptors (Lipinski definition) is 5. The summed E-state index contributed by atoms with van der Waals surface area (Å²) >= 11 is 0. The molecule has 2 aromatic carbocycles. The summed E-state index contributed by atoms with van der Waals surface area (Å²) in [6.45, 7) is 0.235. The van der Waals surface area contributed by atoms with E-state index in [4.69, 9.17) is 14.2 Å². The Morgan fingerprint density at radius 3 is 2.36 bits per heavy atom. The predicted octanol–water partition coefficient (Wildman–Crippen LogP) is 2.32. The van der Waals surface area contributed by atoms with Gasteiger partial charge in [-0.25, -0.2) is 0 Å². The molecule has 25 heavy (non-hydrogen) atoms. The Morgan fingerprint density at radius 1 is 0.960 bits per heavy atom. The van der Waals surface area contributed by atoms with Gasteiger partial charge in [-0.3, -0.25) is 9.59 Å². The average molecular weight is 343 g/mol. The summed E-state index contributed by atoms with van der Waals surface area (Å²) in [5, 5.41) is 2.69. The minimum Gasteiger partial charge on any atom is -0.493 e. The Morgan fingerprint density at radius 2 is 1.64 bits per heavy atom. The number of para-hydroxylation sites is 2. The van der Waals surface area contributed by atoms with E-state index in [0.717, 1.165) is 5.56 Å². The molecular weight excluding hydrogens is 322 g/mol. The van der Waals surface area contributed by atoms with Gasteiger partial charge in [-0.1, -0.05) is 42.5 Å². The Hall–Kier alpha value is -3.02. The van der Waals surface area contributed by atoms with Crippen molar-refractivity contribution in [1.29, 1.82) is 0 Å². The SMILES string of the molecule is COc1ccccc1OCCC(=O)OCC(=O)NCc1ccccc1. The van der Waals surface area contributed by atoms with Gasteiger partial charge >= 0.3 is 5.97 Å². The monoisotopic (exact) mass is 343 g/mol. The summed E-state index contributed by atoms with van der Waals surface area (Å²) < 4.78 is 15.6. The van der Waals surface area contributed by atoms with E-state index in [1.165, 1.54) is 0 Å². The molecule has 0 aromatic heterocycles. The number of amides is 1. The number of ether oxygens (including phenoxy) is 3. The first kappa shape index (κ1) is 18.3. The maximum absolute atomic E-state index is 11.7. The zero-order valence-corrected chi connectivity index (χ0v) is 14.1. The molecule has 6 nitrogen and oxygen atoms in total. The predicted molar refractivity (Wildman–Crippen MR) is 92.4 cm³/mol. The number of hydrogen-bond donors (Lipinski definition) is 1. The highest BCUT2D eigenvalue weighted by Gasteiger charge is 2.09. The van der Waals surface area contributed by atoms with Crippen molar-refractivity contribution in [2.45, 2.75) is 13.0 Å². The second-order valence-electron chi connectivity index (χ2n) is 5.17. The third-order valence-corrected chi connectivity index (χ3v) is 3.33. The van der Waals surface area contributed by atoms with Crippen LogP contribution in [0.2, 0.25) is 0 Å². The molecule has 2 rings (SSSR count). The van der Waals surface area contributed by atoms with Crippen LogP contribution in [0, 0.1) is 0 Å². The number of carbonyl (C=O) groups excluding carboxylic acids is 2. The van der Waals surface area contributed by atoms with Crippen LogP contribution in [0.25, 0.3) is 0 Å². The molecule has 6 heteroatoms. The number of carbonyl (C=O) groups is 2. The number of esters is 1. The van der Waals surface area contributed by atoms with Crippen LogP contribution in [0.3, 0.4) is 0 Å². The number of methoxy groups -OCH3 is 1. The zero-order chi connectivity index (χ0) is 17.9. The molecule has 0 spiro atoms. The van der Waals surface area contributed by atoms with Crippen LogP contribution in [0.1, 0.15) is 12.0 Å². The van der Waals surface area contributed by atoms with Crippen LogP contribution in [-0.4, -0.2) is 32.2 Å². The lowest BCUT2D eigenvalue weighted by atomic mass is 10.2. The average Bonchev–Trinajstić information content (AvgIpc) is 2.66. The molecule has 0 aliphatic heterocycles. The number of nitrogens with one attached hydrogen (secondary N) is 1. The molecule has 1 N–H and O–H groups in total. The van der Waals surface area contributed by atoms with E-state index in [1.54, 1.807) is 19.2 Å². The normalized spacial score (nSPS) is 9.96. The van der Waals surface area contributed by atoms with Crippen molar-refractivity contribution < 1.29 is 23.8 Å². The van der Waals surface area contributed by atoms with Gasteiger partial charge in [-0.05, 0) is 17.7 Å². The molecule has 0 aliphatic carbocycles. The standard InChI is InChI=1S/C19H21NO5/c1-23-16-9-5-6-10-17(16)24-12-11-19(22)25-14-18(21)20-13-15-7-3-2-4-8-15/h2-10H,11-14H2,1H3,(H,20,21). The molecule has 0 fully saturated rings. The molecule has 0 heterocycles. The summed E-state index contributed by atoms with van der Waals surface area (Å²) in [4.78, 5) is 23.3. The van der Waals surface area contributed by atoms with Crippen LogP contribution >= 0.6 is 0 Å². The molecule has 1 amide bonds. The number of rotatable bonds is 9. The minimum atomic E-state index is -0.496. The lowest BCUT2D eigenvalue weighted by molar-refractivity contribution is -0.149. The Kier molecular flexibility index (Phi) is 7.31. The van der Waals surface area contributed by atoms with E-state index in [9.17, 15) is 9.59 Å². The van der Waals surface area contributed by atoms with E-state index in [-0.39, 0.29) is 25.5 Å². The first-order chi connectivity index (χ1) is 12.2. The fourth-order valence-electron chi connectivity index (χ4n) is 2.05. The van der Waals surface area contributed by atoms with Crippen molar-refractivity contribution in [3.05, 3.63) is 60.2 Å². The van der Waals surface area contributed by atoms with Crippen molar-refractivity contribution in [1.82, 2.24) is 5.32 Å². The van der Waals surface area contributed by atoms with E-state index in [2.05, 4.69) is 5.32 Å². The summed E-state index contributed by atoms with van der Waals surface area (Å²) in [6, 6.07) is 16.7. The van der Waals surface area contributed by atoms with Crippen LogP contribution in [0.5, 0.6) is 11.5 Å². The summed E-state index contributed by atoms with van der Waals surface area (Å²) in [5.74, 6) is 0.308. The minimum absolute atomic E-state index is 0.0456. The molecule has 2 aromatic rings. The van der Waals surface area contributed by atoms with Gasteiger partial charge in [-0.2, -0.15) is 0 Å². The van der Waals surface area contributed by atoms with E-state index >= 15 is 0 Å². The Labute approximate surface area is 146 Å². The maximum Gasteiger partial charge on any atom is 0.309 e. The quantitative estimate of drug-likeness (QED) is 0.708. The van der Waals surface area contributed by atoms with Gasteiger partial charge < -0.3 is 19.5 Å². The molecule has 0 atom stereocenters. The topological polar surface area (TPSA) is 73.9 Å². The first-order valence-electron chi connectivity index (χ1n) is 7.91. The molecule has 0 saturated carbocycles. The molecule has 0 unspecified atom stereocenters. The van der Waals surface area contributed by atoms with Gasteiger partial charge in [0.15, 0.2) is 18.1 Å². The van der Waals surface area contributed by atoms with Crippen molar-refractivity contribution in [3.8, 4) is 11.5 Å². The van der Waals surface area contributed by atoms with E-state index < -0.39 is 5.97 Å². The summed E-state index contributed by atoms with van der Waals surface area (Å²) in [7, 11) is 1.55. The molecule has 132 valence electrons. The second-order valence-corrected chi connectivity index (χ2v) is 5.17. The number of benzene rings is 2. The van der Waals surface area contributed by atoms with Gasteiger partial charge in [0.25, 0.3) is 5.91 Å². The van der Waals surface area contributed by atoms with E-state index in [1.807, 2.05) is 42.5 Å². The maximum atomic E-state index is 11.7. The van der Waals surface area contributed by atoms with Crippen molar-refractivity contribution in [3.63, 3.8) is 0 Å². The third kappa shape index (κ3) is 6.55. The van der Waals surface area contributed by atoms with Gasteiger partial charge in [0.2, 0.25) is 0 Å². The first-order valence-corrected chi connectivity index (χ1v) is 7.91. The highest BCUT2D eigenvalue weighted by molar-refractivity contribution is 5.80. The lowest BCUT2D eigenvalue weighted by Crippen LogP contribution is -2.28. The molecule has 0 bridgehead atoms. The van der Waals surface area contributed by atoms with Crippen molar-refractivity contribution >= 4 is 11.9 Å². The van der Waals surface area contributed by atoms with Gasteiger partial charge in [0, 0.05) is 6.54 Å². The van der Waals surface area contributed by atoms with Crippen LogP contribution < -0.4 is 14.8 Å². The molecule has 0 aliphatic rings. The van der Waals surface area contributed by atoms with Crippen LogP contribution in [0.4, 0.5) is 0 Å². The highest BCUT2D eigenvalue weighted by atomic mass is 16.5. The largest absolute Gasteiger partial charge is 0.493 e. The van der Waals surface area contributed by atoms with E-state index in [0.29, 0.717) is 18.0 Å². The molecule has 0 radical (unpaired) electrons. The fourth-order valence-corrected chi connectivity index (χ4v) is 2.05. The Bertz CT molecular complexity index is 687. The third-order valence-electron chi connectivity index (χ3n) is 3.33. The fraction of sp³-hybridized carbons (Fsp3) is 0.263. The lowest BCUT2D eigenvalue weighted by Gasteiger charge is -2.10. The second kappa shape index (κ2) is 9.97. The zero-order valence-electron chi connectivity index (χ0n) is 14.1. The van der Waals surface area contributed by atoms with Gasteiger partial charge in [-0.15, -0.1) is 0 Å². The van der Waals surface area contributed by atoms with Crippen molar-refractivity contribution in [2.75, 3.05) is 20.3 Å². The molecular formula is C19H21NO5. The van der Waals surface area contributed by atoms with Crippen LogP contribution in [-0.2, 0) is 20.9 Å². The summed E-state index contributed by atoms with van der Waals surface area (Å²) in [6.07, 6.45) is 0.0456. The molecule has 0 saturated heterocycles. The van der Waals surface area contributed by atoms with Gasteiger partial charge in [0.1, 0.15) is 0 Å². The highest BCUT2D eigenvalue weighted by Crippen LogP contribution is 2.25. The van der Waals surface area contributed by atoms with Crippen molar-refractivity contribution in [2.24, 2.45) is 0 Å². The summed E-state index contributed by atoms with van der Waals surface area (Å²) in [5.41, 5.74) is 0.979. The Balaban J connectivity index is 1.62. The van der Waals surface area contributed by atoms with Crippen LogP contribution in [0.15, 0.2) is 54.6 Å². The van der Waals surface area contributed by atoms with Gasteiger partial charge in [0.05, 0.1) is 20.1 Å². The smallest absolute Gasteiger partial charge is 0.309 e.